The van der Waals surface area contributed by atoms with Gasteiger partial charge >= 0.3 is 5.97 Å². The van der Waals surface area contributed by atoms with E-state index in [1.165, 1.54) is 10.8 Å². The Balaban J connectivity index is 1.71. The molecule has 94 valence electrons. The van der Waals surface area contributed by atoms with Crippen molar-refractivity contribution in [1.82, 2.24) is 25.1 Å². The van der Waals surface area contributed by atoms with Gasteiger partial charge in [0, 0.05) is 19.0 Å². The summed E-state index contributed by atoms with van der Waals surface area (Å²) in [5.74, 6) is -0.427. The molecule has 18 heavy (non-hydrogen) atoms. The molecular weight excluding hydrogens is 238 g/mol. The Morgan fingerprint density at radius 1 is 1.56 bits per heavy atom. The lowest BCUT2D eigenvalue weighted by molar-refractivity contribution is -0.139. The van der Waals surface area contributed by atoms with Gasteiger partial charge in [-0.15, -0.1) is 15.3 Å². The molecule has 0 spiro atoms. The van der Waals surface area contributed by atoms with Gasteiger partial charge in [0.25, 0.3) is 0 Å². The van der Waals surface area contributed by atoms with Gasteiger partial charge in [-0.1, -0.05) is 0 Å². The Morgan fingerprint density at radius 2 is 2.44 bits per heavy atom. The zero-order valence-electron chi connectivity index (χ0n) is 9.35. The molecule has 1 aliphatic rings. The predicted molar refractivity (Wildman–Crippen MR) is 59.2 cm³/mol. The summed E-state index contributed by atoms with van der Waals surface area (Å²) in [6.07, 6.45) is 1.72. The standard InChI is InChI=1S/C10H11N5O3/c16-10(17)7-3-6(4-11-7)18-9-2-1-8-13-12-5-15(8)14-9/h1-2,5-7,11H,3-4H2,(H,16,17). The third-order valence-electron chi connectivity index (χ3n) is 2.81. The van der Waals surface area contributed by atoms with Gasteiger partial charge in [-0.3, -0.25) is 4.79 Å². The molecular formula is C10H11N5O3. The fourth-order valence-electron chi connectivity index (χ4n) is 1.93. The third kappa shape index (κ3) is 1.97. The minimum atomic E-state index is -0.858. The van der Waals surface area contributed by atoms with Gasteiger partial charge in [0.05, 0.1) is 0 Å². The van der Waals surface area contributed by atoms with E-state index in [0.717, 1.165) is 0 Å². The lowest BCUT2D eigenvalue weighted by Crippen LogP contribution is -2.30. The maximum absolute atomic E-state index is 10.8. The summed E-state index contributed by atoms with van der Waals surface area (Å²) >= 11 is 0. The molecule has 0 saturated carbocycles. The van der Waals surface area contributed by atoms with Crippen molar-refractivity contribution in [1.29, 1.82) is 0 Å². The lowest BCUT2D eigenvalue weighted by Gasteiger charge is -2.11. The molecule has 2 aromatic rings. The number of fused-ring (bicyclic) bond motifs is 1. The minimum absolute atomic E-state index is 0.187. The summed E-state index contributed by atoms with van der Waals surface area (Å²) in [7, 11) is 0. The molecule has 1 saturated heterocycles. The van der Waals surface area contributed by atoms with E-state index >= 15 is 0 Å². The molecule has 1 fully saturated rings. The Morgan fingerprint density at radius 3 is 3.22 bits per heavy atom. The zero-order chi connectivity index (χ0) is 12.5. The molecule has 2 atom stereocenters. The second-order valence-corrected chi connectivity index (χ2v) is 4.08. The van der Waals surface area contributed by atoms with E-state index in [4.69, 9.17) is 9.84 Å². The van der Waals surface area contributed by atoms with Crippen molar-refractivity contribution in [3.05, 3.63) is 18.5 Å². The van der Waals surface area contributed by atoms with E-state index in [1.807, 2.05) is 0 Å². The fraction of sp³-hybridized carbons (Fsp3) is 0.400. The Hall–Kier alpha value is -2.22. The van der Waals surface area contributed by atoms with Crippen molar-refractivity contribution < 1.29 is 14.6 Å². The highest BCUT2D eigenvalue weighted by molar-refractivity contribution is 5.73. The maximum atomic E-state index is 10.8. The highest BCUT2D eigenvalue weighted by Gasteiger charge is 2.30. The number of aromatic nitrogens is 4. The average molecular weight is 249 g/mol. The largest absolute Gasteiger partial charge is 0.480 e. The van der Waals surface area contributed by atoms with Crippen molar-refractivity contribution in [2.45, 2.75) is 18.6 Å². The van der Waals surface area contributed by atoms with Crippen LogP contribution in [0.2, 0.25) is 0 Å². The molecule has 8 heteroatoms. The topological polar surface area (TPSA) is 102 Å². The summed E-state index contributed by atoms with van der Waals surface area (Å²) in [6.45, 7) is 0.499. The number of carbonyl (C=O) groups is 1. The third-order valence-corrected chi connectivity index (χ3v) is 2.81. The number of ether oxygens (including phenoxy) is 1. The van der Waals surface area contributed by atoms with Gasteiger partial charge in [-0.25, -0.2) is 0 Å². The average Bonchev–Trinajstić information content (AvgIpc) is 2.96. The SMILES string of the molecule is O=C(O)C1CC(Oc2ccc3nncn3n2)CN1. The quantitative estimate of drug-likeness (QED) is 0.742. The van der Waals surface area contributed by atoms with Crippen LogP contribution in [-0.2, 0) is 4.79 Å². The Bertz CT molecular complexity index is 584. The molecule has 2 aromatic heterocycles. The molecule has 0 aromatic carbocycles. The summed E-state index contributed by atoms with van der Waals surface area (Å²) in [4.78, 5) is 10.8. The number of carboxylic acid groups (broad SMARTS) is 1. The van der Waals surface area contributed by atoms with Crippen molar-refractivity contribution >= 4 is 11.6 Å². The van der Waals surface area contributed by atoms with Crippen LogP contribution in [0.5, 0.6) is 5.88 Å². The van der Waals surface area contributed by atoms with Gasteiger partial charge in [0.15, 0.2) is 5.65 Å². The molecule has 0 bridgehead atoms. The normalized spacial score (nSPS) is 23.3. The minimum Gasteiger partial charge on any atom is -0.480 e. The molecule has 0 amide bonds. The van der Waals surface area contributed by atoms with Crippen molar-refractivity contribution in [2.75, 3.05) is 6.54 Å². The molecule has 0 radical (unpaired) electrons. The van der Waals surface area contributed by atoms with Crippen LogP contribution < -0.4 is 10.1 Å². The smallest absolute Gasteiger partial charge is 0.320 e. The van der Waals surface area contributed by atoms with E-state index in [-0.39, 0.29) is 6.10 Å². The van der Waals surface area contributed by atoms with Crippen LogP contribution in [0.25, 0.3) is 5.65 Å². The van der Waals surface area contributed by atoms with E-state index in [9.17, 15) is 4.79 Å². The van der Waals surface area contributed by atoms with E-state index in [0.29, 0.717) is 24.5 Å². The van der Waals surface area contributed by atoms with Crippen LogP contribution in [0, 0.1) is 0 Å². The van der Waals surface area contributed by atoms with Gasteiger partial charge in [0.1, 0.15) is 18.5 Å². The molecule has 2 unspecified atom stereocenters. The first-order chi connectivity index (χ1) is 8.72. The predicted octanol–water partition coefficient (Wildman–Crippen LogP) is -0.682. The Kier molecular flexibility index (Phi) is 2.56. The first kappa shape index (κ1) is 10.9. The first-order valence-corrected chi connectivity index (χ1v) is 5.52. The highest BCUT2D eigenvalue weighted by Crippen LogP contribution is 2.15. The van der Waals surface area contributed by atoms with E-state index in [2.05, 4.69) is 20.6 Å². The molecule has 3 heterocycles. The fourth-order valence-corrected chi connectivity index (χ4v) is 1.93. The first-order valence-electron chi connectivity index (χ1n) is 5.52. The lowest BCUT2D eigenvalue weighted by atomic mass is 10.2. The summed E-state index contributed by atoms with van der Waals surface area (Å²) in [5.41, 5.74) is 0.635. The van der Waals surface area contributed by atoms with Crippen molar-refractivity contribution in [3.8, 4) is 5.88 Å². The second kappa shape index (κ2) is 4.22. The summed E-state index contributed by atoms with van der Waals surface area (Å²) < 4.78 is 7.13. The zero-order valence-corrected chi connectivity index (χ0v) is 9.35. The van der Waals surface area contributed by atoms with Crippen molar-refractivity contribution in [3.63, 3.8) is 0 Å². The Labute approximate surface area is 102 Å². The van der Waals surface area contributed by atoms with Gasteiger partial charge in [0.2, 0.25) is 5.88 Å². The van der Waals surface area contributed by atoms with Gasteiger partial charge in [-0.05, 0) is 6.07 Å². The van der Waals surface area contributed by atoms with Crippen LogP contribution in [-0.4, -0.2) is 49.6 Å². The van der Waals surface area contributed by atoms with Gasteiger partial charge < -0.3 is 15.2 Å². The molecule has 2 N–H and O–H groups in total. The number of nitrogens with zero attached hydrogens (tertiary/aromatic N) is 4. The number of carboxylic acids is 1. The number of hydrogen-bond acceptors (Lipinski definition) is 6. The van der Waals surface area contributed by atoms with E-state index < -0.39 is 12.0 Å². The number of aliphatic carboxylic acids is 1. The highest BCUT2D eigenvalue weighted by atomic mass is 16.5. The molecule has 1 aliphatic heterocycles. The summed E-state index contributed by atoms with van der Waals surface area (Å²) in [6, 6.07) is 2.89. The monoisotopic (exact) mass is 249 g/mol. The van der Waals surface area contributed by atoms with Crippen molar-refractivity contribution in [2.24, 2.45) is 0 Å². The van der Waals surface area contributed by atoms with Crippen LogP contribution >= 0.6 is 0 Å². The molecule has 8 nitrogen and oxygen atoms in total. The number of nitrogens with one attached hydrogen (secondary N) is 1. The van der Waals surface area contributed by atoms with Crippen LogP contribution in [0.3, 0.4) is 0 Å². The van der Waals surface area contributed by atoms with E-state index in [1.54, 1.807) is 12.1 Å². The van der Waals surface area contributed by atoms with Crippen LogP contribution in [0.1, 0.15) is 6.42 Å². The van der Waals surface area contributed by atoms with Crippen LogP contribution in [0.4, 0.5) is 0 Å². The second-order valence-electron chi connectivity index (χ2n) is 4.08. The number of rotatable bonds is 3. The maximum Gasteiger partial charge on any atom is 0.320 e. The summed E-state index contributed by atoms with van der Waals surface area (Å²) in [5, 5.41) is 23.4. The van der Waals surface area contributed by atoms with Crippen LogP contribution in [0.15, 0.2) is 18.5 Å². The molecule has 3 rings (SSSR count). The molecule has 0 aliphatic carbocycles. The number of hydrogen-bond donors (Lipinski definition) is 2. The van der Waals surface area contributed by atoms with Gasteiger partial charge in [-0.2, -0.15) is 4.52 Å².